The first kappa shape index (κ1) is 11.3. The molecule has 0 radical (unpaired) electrons. The average Bonchev–Trinajstić information content (AvgIpc) is 2.78. The fraction of sp³-hybridized carbons (Fsp3) is 0.273. The Balaban J connectivity index is 2.05. The Kier molecular flexibility index (Phi) is 3.44. The van der Waals surface area contributed by atoms with E-state index in [1.807, 2.05) is 0 Å². The molecule has 0 saturated carbocycles. The maximum atomic E-state index is 10.4. The van der Waals surface area contributed by atoms with Gasteiger partial charge >= 0.3 is 6.01 Å². The van der Waals surface area contributed by atoms with Gasteiger partial charge < -0.3 is 4.74 Å². The number of nitrogens with zero attached hydrogens (tertiary/aromatic N) is 4. The first-order chi connectivity index (χ1) is 8.31. The van der Waals surface area contributed by atoms with Crippen LogP contribution >= 0.6 is 0 Å². The lowest BCUT2D eigenvalue weighted by molar-refractivity contribution is 0.112. The second-order valence-corrected chi connectivity index (χ2v) is 3.46. The van der Waals surface area contributed by atoms with E-state index >= 15 is 0 Å². The zero-order chi connectivity index (χ0) is 12.1. The number of hydrogen-bond donors (Lipinski definition) is 0. The lowest BCUT2D eigenvalue weighted by atomic mass is 10.4. The molecule has 0 unspecified atom stereocenters. The second-order valence-electron chi connectivity index (χ2n) is 3.46. The van der Waals surface area contributed by atoms with Crippen molar-refractivity contribution in [3.63, 3.8) is 0 Å². The molecule has 17 heavy (non-hydrogen) atoms. The van der Waals surface area contributed by atoms with Crippen molar-refractivity contribution in [3.05, 3.63) is 30.4 Å². The highest BCUT2D eigenvalue weighted by molar-refractivity contribution is 5.73. The summed E-state index contributed by atoms with van der Waals surface area (Å²) < 4.78 is 7.17. The van der Waals surface area contributed by atoms with Gasteiger partial charge in [-0.05, 0) is 6.42 Å². The van der Waals surface area contributed by atoms with Gasteiger partial charge in [-0.3, -0.25) is 9.48 Å². The normalized spacial score (nSPS) is 10.2. The summed E-state index contributed by atoms with van der Waals surface area (Å²) in [6, 6.07) is 0.201. The van der Waals surface area contributed by atoms with Gasteiger partial charge in [0.2, 0.25) is 0 Å². The minimum Gasteiger partial charge on any atom is -0.421 e. The predicted octanol–water partition coefficient (Wildman–Crippen LogP) is 1.69. The summed E-state index contributed by atoms with van der Waals surface area (Å²) in [4.78, 5) is 18.2. The van der Waals surface area contributed by atoms with E-state index in [0.717, 1.165) is 13.0 Å². The summed E-state index contributed by atoms with van der Waals surface area (Å²) in [5.74, 6) is 0.581. The summed E-state index contributed by atoms with van der Waals surface area (Å²) >= 11 is 0. The number of carbonyl (C=O) groups excluding carboxylic acids is 1. The number of hydrogen-bond acceptors (Lipinski definition) is 5. The van der Waals surface area contributed by atoms with E-state index in [-0.39, 0.29) is 6.01 Å². The Hall–Kier alpha value is -2.24. The van der Waals surface area contributed by atoms with Gasteiger partial charge in [-0.1, -0.05) is 6.92 Å². The molecule has 0 aromatic carbocycles. The van der Waals surface area contributed by atoms with Gasteiger partial charge in [0.15, 0.2) is 12.0 Å². The molecule has 0 spiro atoms. The van der Waals surface area contributed by atoms with Crippen molar-refractivity contribution in [2.75, 3.05) is 0 Å². The Morgan fingerprint density at radius 3 is 2.76 bits per heavy atom. The quantitative estimate of drug-likeness (QED) is 0.733. The van der Waals surface area contributed by atoms with Gasteiger partial charge in [-0.15, -0.1) is 0 Å². The lowest BCUT2D eigenvalue weighted by Gasteiger charge is -1.99. The first-order valence-corrected chi connectivity index (χ1v) is 5.29. The third kappa shape index (κ3) is 2.87. The predicted molar refractivity (Wildman–Crippen MR) is 60.0 cm³/mol. The molecule has 0 atom stereocenters. The lowest BCUT2D eigenvalue weighted by Crippen LogP contribution is -1.95. The van der Waals surface area contributed by atoms with E-state index in [9.17, 15) is 4.79 Å². The van der Waals surface area contributed by atoms with Crippen LogP contribution < -0.4 is 4.74 Å². The molecule has 6 heteroatoms. The minimum atomic E-state index is 0.201. The zero-order valence-electron chi connectivity index (χ0n) is 9.41. The molecule has 0 aliphatic heterocycles. The third-order valence-electron chi connectivity index (χ3n) is 2.06. The highest BCUT2D eigenvalue weighted by Gasteiger charge is 2.03. The van der Waals surface area contributed by atoms with Crippen molar-refractivity contribution in [3.8, 4) is 11.8 Å². The number of rotatable bonds is 5. The highest BCUT2D eigenvalue weighted by Crippen LogP contribution is 2.15. The topological polar surface area (TPSA) is 69.9 Å². The molecule has 0 amide bonds. The average molecular weight is 232 g/mol. The van der Waals surface area contributed by atoms with Crippen molar-refractivity contribution in [2.45, 2.75) is 19.9 Å². The molecule has 0 saturated heterocycles. The number of aryl methyl sites for hydroxylation is 1. The number of ether oxygens (including phenoxy) is 1. The van der Waals surface area contributed by atoms with E-state index < -0.39 is 0 Å². The Labute approximate surface area is 98.3 Å². The molecular formula is C11H12N4O2. The van der Waals surface area contributed by atoms with Crippen LogP contribution in [0.2, 0.25) is 0 Å². The molecule has 0 aliphatic rings. The van der Waals surface area contributed by atoms with Crippen LogP contribution in [0.3, 0.4) is 0 Å². The van der Waals surface area contributed by atoms with Crippen molar-refractivity contribution < 1.29 is 9.53 Å². The molecule has 6 nitrogen and oxygen atoms in total. The van der Waals surface area contributed by atoms with Gasteiger partial charge in [-0.25, -0.2) is 9.97 Å². The van der Waals surface area contributed by atoms with Crippen molar-refractivity contribution >= 4 is 6.29 Å². The van der Waals surface area contributed by atoms with Crippen LogP contribution in [0, 0.1) is 0 Å². The van der Waals surface area contributed by atoms with Crippen LogP contribution in [-0.2, 0) is 6.54 Å². The maximum absolute atomic E-state index is 10.4. The molecule has 0 N–H and O–H groups in total. The van der Waals surface area contributed by atoms with Gasteiger partial charge in [0.05, 0.1) is 18.0 Å². The van der Waals surface area contributed by atoms with Crippen LogP contribution in [0.15, 0.2) is 24.8 Å². The van der Waals surface area contributed by atoms with Gasteiger partial charge in [0.25, 0.3) is 0 Å². The molecule has 2 aromatic rings. The van der Waals surface area contributed by atoms with Crippen LogP contribution in [0.1, 0.15) is 23.7 Å². The minimum absolute atomic E-state index is 0.201. The third-order valence-corrected chi connectivity index (χ3v) is 2.06. The Morgan fingerprint density at radius 2 is 2.12 bits per heavy atom. The maximum Gasteiger partial charge on any atom is 0.322 e. The monoisotopic (exact) mass is 232 g/mol. The molecular weight excluding hydrogens is 220 g/mol. The summed E-state index contributed by atoms with van der Waals surface area (Å²) in [5.41, 5.74) is 0.416. The van der Waals surface area contributed by atoms with Crippen molar-refractivity contribution in [2.24, 2.45) is 0 Å². The zero-order valence-corrected chi connectivity index (χ0v) is 9.41. The van der Waals surface area contributed by atoms with Crippen LogP contribution in [0.4, 0.5) is 0 Å². The summed E-state index contributed by atoms with van der Waals surface area (Å²) in [6.45, 7) is 2.91. The van der Waals surface area contributed by atoms with Crippen molar-refractivity contribution in [1.82, 2.24) is 19.7 Å². The molecule has 88 valence electrons. The largest absolute Gasteiger partial charge is 0.421 e. The van der Waals surface area contributed by atoms with Crippen molar-refractivity contribution in [1.29, 1.82) is 0 Å². The molecule has 0 fully saturated rings. The van der Waals surface area contributed by atoms with E-state index in [0.29, 0.717) is 17.6 Å². The highest BCUT2D eigenvalue weighted by atomic mass is 16.5. The first-order valence-electron chi connectivity index (χ1n) is 5.29. The number of aromatic nitrogens is 4. The number of carbonyl (C=O) groups is 1. The van der Waals surface area contributed by atoms with E-state index in [1.54, 1.807) is 17.1 Å². The van der Waals surface area contributed by atoms with E-state index in [1.165, 1.54) is 12.4 Å². The summed E-state index contributed by atoms with van der Waals surface area (Å²) in [5, 5.41) is 4.12. The molecule has 2 heterocycles. The summed E-state index contributed by atoms with van der Waals surface area (Å²) in [6.07, 6.45) is 7.89. The number of aldehydes is 1. The Morgan fingerprint density at radius 1 is 1.35 bits per heavy atom. The molecule has 0 bridgehead atoms. The fourth-order valence-corrected chi connectivity index (χ4v) is 1.29. The van der Waals surface area contributed by atoms with Gasteiger partial charge in [-0.2, -0.15) is 5.10 Å². The van der Waals surface area contributed by atoms with E-state index in [4.69, 9.17) is 4.74 Å². The second kappa shape index (κ2) is 5.20. The fourth-order valence-electron chi connectivity index (χ4n) is 1.29. The van der Waals surface area contributed by atoms with E-state index in [2.05, 4.69) is 22.0 Å². The SMILES string of the molecule is CCCn1cc(Oc2ncc(C=O)cn2)cn1. The molecule has 2 rings (SSSR count). The van der Waals surface area contributed by atoms with Crippen LogP contribution in [0.5, 0.6) is 11.8 Å². The standard InChI is InChI=1S/C11H12N4O2/c1-2-3-15-7-10(6-14-15)17-11-12-4-9(8-16)5-13-11/h4-8H,2-3H2,1H3. The van der Waals surface area contributed by atoms with Gasteiger partial charge in [0.1, 0.15) is 0 Å². The summed E-state index contributed by atoms with van der Waals surface area (Å²) in [7, 11) is 0. The molecule has 0 aliphatic carbocycles. The van der Waals surface area contributed by atoms with Gasteiger partial charge in [0, 0.05) is 18.9 Å². The van der Waals surface area contributed by atoms with Crippen LogP contribution in [0.25, 0.3) is 0 Å². The Bertz CT molecular complexity index is 492. The van der Waals surface area contributed by atoms with Crippen LogP contribution in [-0.4, -0.2) is 26.0 Å². The molecule has 2 aromatic heterocycles. The smallest absolute Gasteiger partial charge is 0.322 e.